The Labute approximate surface area is 140 Å². The first-order valence-electron chi connectivity index (χ1n) is 8.34. The van der Waals surface area contributed by atoms with Crippen molar-refractivity contribution < 1.29 is 0 Å². The average Bonchev–Trinajstić information content (AvgIpc) is 2.46. The summed E-state index contributed by atoms with van der Waals surface area (Å²) >= 11 is 12.3. The molecule has 0 radical (unpaired) electrons. The monoisotopic (exact) mass is 329 g/mol. The highest BCUT2D eigenvalue weighted by Crippen LogP contribution is 2.23. The maximum absolute atomic E-state index is 6.27. The van der Waals surface area contributed by atoms with Gasteiger partial charge in [0.15, 0.2) is 0 Å². The number of rotatable bonds is 11. The predicted octanol–water partition coefficient (Wildman–Crippen LogP) is 6.26. The maximum atomic E-state index is 6.27. The van der Waals surface area contributed by atoms with Crippen molar-refractivity contribution in [3.8, 4) is 0 Å². The van der Waals surface area contributed by atoms with Crippen LogP contribution in [0.15, 0.2) is 18.2 Å². The standard InChI is InChI=1S/C18H29Cl2N/c1-3-5-6-7-8-9-10-17(21-4-2)14-15-13-16(19)11-12-18(15)20/h11-13,17,21H,3-10,14H2,1-2H3. The first-order valence-corrected chi connectivity index (χ1v) is 9.10. The summed E-state index contributed by atoms with van der Waals surface area (Å²) in [5.41, 5.74) is 1.15. The molecule has 1 rings (SSSR count). The summed E-state index contributed by atoms with van der Waals surface area (Å²) in [6.45, 7) is 5.42. The van der Waals surface area contributed by atoms with Gasteiger partial charge >= 0.3 is 0 Å². The van der Waals surface area contributed by atoms with Crippen LogP contribution in [0.5, 0.6) is 0 Å². The Hall–Kier alpha value is -0.240. The highest BCUT2D eigenvalue weighted by atomic mass is 35.5. The Morgan fingerprint density at radius 2 is 1.71 bits per heavy atom. The number of benzene rings is 1. The molecule has 1 N–H and O–H groups in total. The second-order valence-electron chi connectivity index (χ2n) is 5.75. The van der Waals surface area contributed by atoms with E-state index in [4.69, 9.17) is 23.2 Å². The highest BCUT2D eigenvalue weighted by Gasteiger charge is 2.11. The van der Waals surface area contributed by atoms with Gasteiger partial charge in [0.1, 0.15) is 0 Å². The first-order chi connectivity index (χ1) is 10.2. The molecule has 1 aromatic carbocycles. The second kappa shape index (κ2) is 11.3. The van der Waals surface area contributed by atoms with E-state index >= 15 is 0 Å². The van der Waals surface area contributed by atoms with Gasteiger partial charge in [0.25, 0.3) is 0 Å². The van der Waals surface area contributed by atoms with Crippen molar-refractivity contribution in [1.29, 1.82) is 0 Å². The molecule has 0 aromatic heterocycles. The molecule has 0 heterocycles. The summed E-state index contributed by atoms with van der Waals surface area (Å²) in [5.74, 6) is 0. The largest absolute Gasteiger partial charge is 0.314 e. The Bertz CT molecular complexity index is 393. The zero-order valence-corrected chi connectivity index (χ0v) is 14.9. The first kappa shape index (κ1) is 18.8. The molecule has 3 heteroatoms. The lowest BCUT2D eigenvalue weighted by Crippen LogP contribution is -2.31. The van der Waals surface area contributed by atoms with E-state index in [0.29, 0.717) is 6.04 Å². The molecule has 21 heavy (non-hydrogen) atoms. The van der Waals surface area contributed by atoms with Gasteiger partial charge in [-0.25, -0.2) is 0 Å². The van der Waals surface area contributed by atoms with E-state index in [1.54, 1.807) is 0 Å². The summed E-state index contributed by atoms with van der Waals surface area (Å²) in [5, 5.41) is 5.17. The van der Waals surface area contributed by atoms with Gasteiger partial charge < -0.3 is 5.32 Å². The van der Waals surface area contributed by atoms with E-state index in [2.05, 4.69) is 19.2 Å². The van der Waals surface area contributed by atoms with Crippen molar-refractivity contribution in [2.45, 2.75) is 71.3 Å². The van der Waals surface area contributed by atoms with Crippen molar-refractivity contribution in [3.05, 3.63) is 33.8 Å². The molecule has 1 unspecified atom stereocenters. The van der Waals surface area contributed by atoms with Crippen molar-refractivity contribution in [1.82, 2.24) is 5.32 Å². The van der Waals surface area contributed by atoms with E-state index in [9.17, 15) is 0 Å². The van der Waals surface area contributed by atoms with Crippen LogP contribution in [-0.4, -0.2) is 12.6 Å². The summed E-state index contributed by atoms with van der Waals surface area (Å²) in [4.78, 5) is 0. The molecule has 0 aliphatic carbocycles. The molecular formula is C18H29Cl2N. The smallest absolute Gasteiger partial charge is 0.0439 e. The van der Waals surface area contributed by atoms with Crippen LogP contribution in [0.1, 0.15) is 64.4 Å². The highest BCUT2D eigenvalue weighted by molar-refractivity contribution is 6.33. The number of hydrogen-bond donors (Lipinski definition) is 1. The average molecular weight is 330 g/mol. The molecule has 0 aliphatic rings. The lowest BCUT2D eigenvalue weighted by atomic mass is 9.99. The molecule has 120 valence electrons. The van der Waals surface area contributed by atoms with Crippen LogP contribution in [0.25, 0.3) is 0 Å². The van der Waals surface area contributed by atoms with Crippen LogP contribution in [0.3, 0.4) is 0 Å². The summed E-state index contributed by atoms with van der Waals surface area (Å²) in [7, 11) is 0. The fraction of sp³-hybridized carbons (Fsp3) is 0.667. The van der Waals surface area contributed by atoms with Crippen molar-refractivity contribution in [2.24, 2.45) is 0 Å². The predicted molar refractivity (Wildman–Crippen MR) is 95.6 cm³/mol. The van der Waals surface area contributed by atoms with E-state index < -0.39 is 0 Å². The van der Waals surface area contributed by atoms with Crippen molar-refractivity contribution in [2.75, 3.05) is 6.54 Å². The Kier molecular flexibility index (Phi) is 10.2. The number of likely N-dealkylation sites (N-methyl/N-ethyl adjacent to an activating group) is 1. The maximum Gasteiger partial charge on any atom is 0.0439 e. The number of unbranched alkanes of at least 4 members (excludes halogenated alkanes) is 5. The van der Waals surface area contributed by atoms with Crippen molar-refractivity contribution in [3.63, 3.8) is 0 Å². The molecule has 1 atom stereocenters. The van der Waals surface area contributed by atoms with Gasteiger partial charge in [-0.3, -0.25) is 0 Å². The van der Waals surface area contributed by atoms with Gasteiger partial charge in [0.2, 0.25) is 0 Å². The minimum atomic E-state index is 0.497. The Morgan fingerprint density at radius 1 is 1.00 bits per heavy atom. The summed E-state index contributed by atoms with van der Waals surface area (Å²) in [6.07, 6.45) is 10.2. The second-order valence-corrected chi connectivity index (χ2v) is 6.59. The number of nitrogens with one attached hydrogen (secondary N) is 1. The molecule has 1 aromatic rings. The fourth-order valence-electron chi connectivity index (χ4n) is 2.70. The van der Waals surface area contributed by atoms with Crippen LogP contribution >= 0.6 is 23.2 Å². The van der Waals surface area contributed by atoms with Gasteiger partial charge in [0.05, 0.1) is 0 Å². The quantitative estimate of drug-likeness (QED) is 0.472. The molecule has 0 spiro atoms. The number of hydrogen-bond acceptors (Lipinski definition) is 1. The third-order valence-electron chi connectivity index (χ3n) is 3.87. The van der Waals surface area contributed by atoms with Crippen LogP contribution < -0.4 is 5.32 Å². The molecule has 0 aliphatic heterocycles. The lowest BCUT2D eigenvalue weighted by Gasteiger charge is -2.19. The minimum absolute atomic E-state index is 0.497. The molecule has 0 bridgehead atoms. The van der Waals surface area contributed by atoms with E-state index in [0.717, 1.165) is 28.6 Å². The molecule has 0 saturated heterocycles. The van der Waals surface area contributed by atoms with Gasteiger partial charge in [-0.05, 0) is 43.1 Å². The van der Waals surface area contributed by atoms with Crippen LogP contribution in [0, 0.1) is 0 Å². The van der Waals surface area contributed by atoms with Crippen LogP contribution in [0.2, 0.25) is 10.0 Å². The Balaban J connectivity index is 2.40. The lowest BCUT2D eigenvalue weighted by molar-refractivity contribution is 0.460. The molecular weight excluding hydrogens is 301 g/mol. The van der Waals surface area contributed by atoms with Gasteiger partial charge in [-0.15, -0.1) is 0 Å². The van der Waals surface area contributed by atoms with Crippen LogP contribution in [-0.2, 0) is 6.42 Å². The molecule has 0 amide bonds. The summed E-state index contributed by atoms with van der Waals surface area (Å²) < 4.78 is 0. The van der Waals surface area contributed by atoms with Gasteiger partial charge in [0, 0.05) is 16.1 Å². The van der Waals surface area contributed by atoms with Gasteiger partial charge in [-0.2, -0.15) is 0 Å². The zero-order valence-electron chi connectivity index (χ0n) is 13.4. The van der Waals surface area contributed by atoms with Crippen molar-refractivity contribution >= 4 is 23.2 Å². The third kappa shape index (κ3) is 8.09. The van der Waals surface area contributed by atoms with E-state index in [-0.39, 0.29) is 0 Å². The third-order valence-corrected chi connectivity index (χ3v) is 4.48. The number of halogens is 2. The van der Waals surface area contributed by atoms with Crippen LogP contribution in [0.4, 0.5) is 0 Å². The SMILES string of the molecule is CCCCCCCCC(Cc1cc(Cl)ccc1Cl)NCC. The normalized spacial score (nSPS) is 12.6. The molecule has 0 fully saturated rings. The summed E-state index contributed by atoms with van der Waals surface area (Å²) in [6, 6.07) is 6.24. The molecule has 1 nitrogen and oxygen atoms in total. The zero-order chi connectivity index (χ0) is 15.5. The Morgan fingerprint density at radius 3 is 2.43 bits per heavy atom. The topological polar surface area (TPSA) is 12.0 Å². The fourth-order valence-corrected chi connectivity index (χ4v) is 3.09. The molecule has 0 saturated carbocycles. The van der Waals surface area contributed by atoms with E-state index in [1.165, 1.54) is 44.9 Å². The minimum Gasteiger partial charge on any atom is -0.314 e. The van der Waals surface area contributed by atoms with Gasteiger partial charge in [-0.1, -0.05) is 75.6 Å². The van der Waals surface area contributed by atoms with E-state index in [1.807, 2.05) is 18.2 Å².